The minimum Gasteiger partial charge on any atom is -0.481 e. The van der Waals surface area contributed by atoms with Crippen LogP contribution in [0, 0.1) is 0 Å². The Balaban J connectivity index is 1.66. The van der Waals surface area contributed by atoms with Gasteiger partial charge in [0, 0.05) is 18.4 Å². The van der Waals surface area contributed by atoms with E-state index in [4.69, 9.17) is 0 Å². The molecular formula is C19H15N3O3. The molecular weight excluding hydrogens is 318 g/mol. The molecule has 6 heteroatoms. The van der Waals surface area contributed by atoms with Crippen molar-refractivity contribution in [2.24, 2.45) is 0 Å². The number of aliphatic carboxylic acids is 1. The lowest BCUT2D eigenvalue weighted by molar-refractivity contribution is -0.138. The molecule has 0 aliphatic carbocycles. The summed E-state index contributed by atoms with van der Waals surface area (Å²) >= 11 is 0. The number of hydrogen-bond donors (Lipinski definition) is 1. The Morgan fingerprint density at radius 1 is 1.00 bits per heavy atom. The summed E-state index contributed by atoms with van der Waals surface area (Å²) in [6.45, 7) is 0.117. The number of aromatic nitrogens is 2. The smallest absolute Gasteiger partial charge is 0.312 e. The number of carbonyl (C=O) groups excluding carboxylic acids is 1. The minimum atomic E-state index is -0.933. The molecule has 1 N–H and O–H groups in total. The molecule has 0 unspecified atom stereocenters. The van der Waals surface area contributed by atoms with Gasteiger partial charge in [0.15, 0.2) is 5.69 Å². The van der Waals surface area contributed by atoms with Crippen molar-refractivity contribution < 1.29 is 14.7 Å². The Kier molecular flexibility index (Phi) is 3.57. The molecule has 1 amide bonds. The zero-order valence-electron chi connectivity index (χ0n) is 13.2. The first kappa shape index (κ1) is 15.1. The van der Waals surface area contributed by atoms with Crippen molar-refractivity contribution in [3.05, 3.63) is 78.1 Å². The molecule has 1 aliphatic rings. The highest BCUT2D eigenvalue weighted by Gasteiger charge is 2.37. The number of fused-ring (bicyclic) bond motifs is 1. The monoisotopic (exact) mass is 333 g/mol. The summed E-state index contributed by atoms with van der Waals surface area (Å²) < 4.78 is 1.63. The first-order valence-electron chi connectivity index (χ1n) is 7.90. The highest BCUT2D eigenvalue weighted by atomic mass is 16.4. The van der Waals surface area contributed by atoms with Gasteiger partial charge in [0.1, 0.15) is 5.92 Å². The Hall–Kier alpha value is -3.41. The minimum absolute atomic E-state index is 0.117. The van der Waals surface area contributed by atoms with Gasteiger partial charge in [0.25, 0.3) is 5.91 Å². The van der Waals surface area contributed by atoms with E-state index >= 15 is 0 Å². The summed E-state index contributed by atoms with van der Waals surface area (Å²) in [7, 11) is 0. The summed E-state index contributed by atoms with van der Waals surface area (Å²) in [5.41, 5.74) is 2.43. The third-order valence-electron chi connectivity index (χ3n) is 4.34. The molecule has 124 valence electrons. The van der Waals surface area contributed by atoms with E-state index in [2.05, 4.69) is 5.10 Å². The van der Waals surface area contributed by atoms with E-state index in [1.165, 1.54) is 4.90 Å². The van der Waals surface area contributed by atoms with Crippen molar-refractivity contribution in [3.8, 4) is 5.69 Å². The number of nitrogens with zero attached hydrogens (tertiary/aromatic N) is 3. The molecule has 0 saturated carbocycles. The maximum atomic E-state index is 12.9. The topological polar surface area (TPSA) is 75.4 Å². The molecule has 2 aromatic carbocycles. The van der Waals surface area contributed by atoms with Gasteiger partial charge in [-0.05, 0) is 29.8 Å². The van der Waals surface area contributed by atoms with Crippen molar-refractivity contribution >= 4 is 17.6 Å². The van der Waals surface area contributed by atoms with Crippen LogP contribution in [-0.4, -0.2) is 33.3 Å². The lowest BCUT2D eigenvalue weighted by Gasteiger charge is -2.16. The second-order valence-electron chi connectivity index (χ2n) is 5.85. The fourth-order valence-electron chi connectivity index (χ4n) is 3.11. The highest BCUT2D eigenvalue weighted by Crippen LogP contribution is 2.36. The Morgan fingerprint density at radius 3 is 2.48 bits per heavy atom. The summed E-state index contributed by atoms with van der Waals surface area (Å²) in [5, 5.41) is 13.8. The van der Waals surface area contributed by atoms with E-state index in [1.807, 2.05) is 30.3 Å². The first-order chi connectivity index (χ1) is 12.1. The van der Waals surface area contributed by atoms with Gasteiger partial charge in [0.05, 0.1) is 5.69 Å². The normalized spacial score (nSPS) is 15.8. The van der Waals surface area contributed by atoms with Crippen molar-refractivity contribution in [3.63, 3.8) is 0 Å². The Labute approximate surface area is 143 Å². The van der Waals surface area contributed by atoms with Gasteiger partial charge in [-0.1, -0.05) is 36.4 Å². The van der Waals surface area contributed by atoms with Gasteiger partial charge < -0.3 is 10.0 Å². The number of amides is 1. The van der Waals surface area contributed by atoms with Crippen LogP contribution in [0.5, 0.6) is 0 Å². The quantitative estimate of drug-likeness (QED) is 0.799. The number of rotatable bonds is 3. The van der Waals surface area contributed by atoms with Gasteiger partial charge in [0.2, 0.25) is 0 Å². The number of anilines is 1. The predicted octanol–water partition coefficient (Wildman–Crippen LogP) is 2.70. The number of carboxylic acid groups (broad SMARTS) is 1. The zero-order chi connectivity index (χ0) is 17.4. The molecule has 0 saturated heterocycles. The predicted molar refractivity (Wildman–Crippen MR) is 92.1 cm³/mol. The molecule has 3 aromatic rings. The highest BCUT2D eigenvalue weighted by molar-refractivity contribution is 6.07. The van der Waals surface area contributed by atoms with Gasteiger partial charge in [-0.3, -0.25) is 9.59 Å². The van der Waals surface area contributed by atoms with Gasteiger partial charge >= 0.3 is 5.97 Å². The van der Waals surface area contributed by atoms with Gasteiger partial charge in [-0.2, -0.15) is 5.10 Å². The Morgan fingerprint density at radius 2 is 1.72 bits per heavy atom. The van der Waals surface area contributed by atoms with Crippen molar-refractivity contribution in [2.45, 2.75) is 5.92 Å². The van der Waals surface area contributed by atoms with Crippen molar-refractivity contribution in [1.82, 2.24) is 9.78 Å². The van der Waals surface area contributed by atoms with Crippen LogP contribution in [0.4, 0.5) is 5.69 Å². The van der Waals surface area contributed by atoms with E-state index in [-0.39, 0.29) is 18.1 Å². The number of para-hydroxylation sites is 2. The molecule has 1 aromatic heterocycles. The van der Waals surface area contributed by atoms with E-state index in [9.17, 15) is 14.7 Å². The van der Waals surface area contributed by atoms with Gasteiger partial charge in [-0.25, -0.2) is 4.68 Å². The van der Waals surface area contributed by atoms with Crippen LogP contribution in [0.1, 0.15) is 22.0 Å². The van der Waals surface area contributed by atoms with E-state index in [0.29, 0.717) is 11.3 Å². The molecule has 0 fully saturated rings. The number of benzene rings is 2. The average Bonchev–Trinajstić information content (AvgIpc) is 3.27. The largest absolute Gasteiger partial charge is 0.481 e. The molecule has 25 heavy (non-hydrogen) atoms. The summed E-state index contributed by atoms with van der Waals surface area (Å²) in [6, 6.07) is 18.2. The van der Waals surface area contributed by atoms with Gasteiger partial charge in [-0.15, -0.1) is 0 Å². The SMILES string of the molecule is O=C(O)[C@@H]1CN(C(=O)c2ccn(-c3ccccc3)n2)c2ccccc21. The standard InChI is InChI=1S/C19H15N3O3/c23-18(16-10-11-22(20-16)13-6-2-1-3-7-13)21-12-15(19(24)25)14-8-4-5-9-17(14)21/h1-11,15H,12H2,(H,24,25)/t15-/m1/s1. The zero-order valence-corrected chi connectivity index (χ0v) is 13.2. The molecule has 4 rings (SSSR count). The van der Waals surface area contributed by atoms with Crippen molar-refractivity contribution in [2.75, 3.05) is 11.4 Å². The summed E-state index contributed by atoms with van der Waals surface area (Å²) in [4.78, 5) is 25.9. The molecule has 0 bridgehead atoms. The molecule has 6 nitrogen and oxygen atoms in total. The van der Waals surface area contributed by atoms with Crippen LogP contribution in [0.15, 0.2) is 66.9 Å². The summed E-state index contributed by atoms with van der Waals surface area (Å²) in [5.74, 6) is -1.94. The maximum absolute atomic E-state index is 12.9. The van der Waals surface area contributed by atoms with E-state index < -0.39 is 11.9 Å². The second-order valence-corrected chi connectivity index (χ2v) is 5.85. The fraction of sp³-hybridized carbons (Fsp3) is 0.105. The van der Waals surface area contributed by atoms with E-state index in [1.54, 1.807) is 41.2 Å². The van der Waals surface area contributed by atoms with Crippen LogP contribution < -0.4 is 4.90 Å². The number of carbonyl (C=O) groups is 2. The molecule has 1 atom stereocenters. The number of carboxylic acids is 1. The lowest BCUT2D eigenvalue weighted by atomic mass is 10.0. The van der Waals surface area contributed by atoms with Crippen LogP contribution in [-0.2, 0) is 4.79 Å². The molecule has 1 aliphatic heterocycles. The second kappa shape index (κ2) is 5.90. The number of hydrogen-bond acceptors (Lipinski definition) is 3. The third kappa shape index (κ3) is 2.57. The first-order valence-corrected chi connectivity index (χ1v) is 7.90. The van der Waals surface area contributed by atoms with Crippen LogP contribution in [0.25, 0.3) is 5.69 Å². The van der Waals surface area contributed by atoms with Crippen LogP contribution >= 0.6 is 0 Å². The average molecular weight is 333 g/mol. The molecule has 2 heterocycles. The fourth-order valence-corrected chi connectivity index (χ4v) is 3.11. The summed E-state index contributed by atoms with van der Waals surface area (Å²) in [6.07, 6.45) is 1.72. The lowest BCUT2D eigenvalue weighted by Crippen LogP contribution is -2.31. The maximum Gasteiger partial charge on any atom is 0.312 e. The van der Waals surface area contributed by atoms with E-state index in [0.717, 1.165) is 5.69 Å². The molecule has 0 spiro atoms. The van der Waals surface area contributed by atoms with Crippen molar-refractivity contribution in [1.29, 1.82) is 0 Å². The third-order valence-corrected chi connectivity index (χ3v) is 4.34. The van der Waals surface area contributed by atoms with Crippen LogP contribution in [0.3, 0.4) is 0 Å². The Bertz CT molecular complexity index is 949. The van der Waals surface area contributed by atoms with Crippen LogP contribution in [0.2, 0.25) is 0 Å². The molecule has 0 radical (unpaired) electrons.